The number of amides is 1. The topological polar surface area (TPSA) is 74.7 Å². The van der Waals surface area contributed by atoms with Crippen molar-refractivity contribution in [1.29, 1.82) is 0 Å². The molecule has 1 fully saturated rings. The molecule has 0 aliphatic carbocycles. The molecular weight excluding hydrogens is 246 g/mol. The second-order valence-electron chi connectivity index (χ2n) is 2.45. The zero-order valence-electron chi connectivity index (χ0n) is 6.91. The van der Waals surface area contributed by atoms with Crippen LogP contribution in [-0.2, 0) is 14.9 Å². The monoisotopic (exact) mass is 253 g/mol. The van der Waals surface area contributed by atoms with Crippen molar-refractivity contribution >= 4 is 44.3 Å². The van der Waals surface area contributed by atoms with Crippen LogP contribution >= 0.6 is 24.0 Å². The summed E-state index contributed by atoms with van der Waals surface area (Å²) in [6.45, 7) is 0.0739. The van der Waals surface area contributed by atoms with E-state index in [-0.39, 0.29) is 12.5 Å². The van der Waals surface area contributed by atoms with Crippen LogP contribution in [0.5, 0.6) is 0 Å². The molecule has 78 valence electrons. The van der Waals surface area contributed by atoms with Crippen LogP contribution in [0, 0.1) is 0 Å². The highest BCUT2D eigenvalue weighted by Crippen LogP contribution is 2.18. The summed E-state index contributed by atoms with van der Waals surface area (Å²) < 4.78 is 29.4. The number of hydrogen-bond donors (Lipinski definition) is 1. The minimum Gasteiger partial charge on any atom is -0.293 e. The summed E-state index contributed by atoms with van der Waals surface area (Å²) in [5.74, 6) is 0.137. The fourth-order valence-corrected chi connectivity index (χ4v) is 2.24. The summed E-state index contributed by atoms with van der Waals surface area (Å²) in [5.41, 5.74) is 0. The molecule has 0 atom stereocenters. The number of thioether (sulfide) groups is 1. The molecular formula is C6H7NO4S3. The molecule has 1 rings (SSSR count). The molecule has 1 aliphatic heterocycles. The molecule has 0 aromatic carbocycles. The Morgan fingerprint density at radius 1 is 1.64 bits per heavy atom. The van der Waals surface area contributed by atoms with Gasteiger partial charge in [0.25, 0.3) is 10.1 Å². The first kappa shape index (κ1) is 11.6. The van der Waals surface area contributed by atoms with Crippen LogP contribution < -0.4 is 0 Å². The smallest absolute Gasteiger partial charge is 0.287 e. The lowest BCUT2D eigenvalue weighted by atomic mass is 10.5. The van der Waals surface area contributed by atoms with Gasteiger partial charge in [-0.25, -0.2) is 0 Å². The Hall–Kier alpha value is -0.440. The lowest BCUT2D eigenvalue weighted by Gasteiger charge is -2.10. The molecule has 0 radical (unpaired) electrons. The summed E-state index contributed by atoms with van der Waals surface area (Å²) >= 11 is 6.08. The average Bonchev–Trinajstić information content (AvgIpc) is 2.33. The molecule has 0 spiro atoms. The number of rotatable bonds is 3. The molecule has 14 heavy (non-hydrogen) atoms. The van der Waals surface area contributed by atoms with Gasteiger partial charge in [-0.2, -0.15) is 8.42 Å². The number of carbonyl (C=O) groups excluding carboxylic acids is 1. The van der Waals surface area contributed by atoms with Gasteiger partial charge in [0.2, 0.25) is 5.91 Å². The first-order valence-electron chi connectivity index (χ1n) is 3.51. The van der Waals surface area contributed by atoms with Crippen LogP contribution in [0.1, 0.15) is 0 Å². The van der Waals surface area contributed by atoms with Gasteiger partial charge in [-0.15, -0.1) is 0 Å². The van der Waals surface area contributed by atoms with E-state index in [4.69, 9.17) is 16.8 Å². The zero-order valence-corrected chi connectivity index (χ0v) is 9.36. The summed E-state index contributed by atoms with van der Waals surface area (Å²) in [5, 5.41) is 0.631. The highest BCUT2D eigenvalue weighted by atomic mass is 32.2. The summed E-state index contributed by atoms with van der Waals surface area (Å²) in [6.07, 6.45) is 1.17. The lowest BCUT2D eigenvalue weighted by Crippen LogP contribution is -2.28. The van der Waals surface area contributed by atoms with E-state index >= 15 is 0 Å². The quantitative estimate of drug-likeness (QED) is 0.574. The molecule has 0 saturated carbocycles. The molecule has 1 amide bonds. The van der Waals surface area contributed by atoms with Crippen molar-refractivity contribution < 1.29 is 17.8 Å². The zero-order chi connectivity index (χ0) is 10.8. The molecule has 0 aromatic rings. The summed E-state index contributed by atoms with van der Waals surface area (Å²) in [4.78, 5) is 12.4. The van der Waals surface area contributed by atoms with E-state index in [1.165, 1.54) is 22.7 Å². The van der Waals surface area contributed by atoms with Gasteiger partial charge in [-0.1, -0.05) is 30.1 Å². The molecule has 1 aliphatic rings. The second-order valence-corrected chi connectivity index (χ2v) is 5.36. The molecule has 1 heterocycles. The van der Waals surface area contributed by atoms with Crippen LogP contribution in [0.15, 0.2) is 11.5 Å². The van der Waals surface area contributed by atoms with E-state index in [1.807, 2.05) is 0 Å². The first-order valence-corrected chi connectivity index (χ1v) is 6.41. The first-order chi connectivity index (χ1) is 6.40. The van der Waals surface area contributed by atoms with Crippen molar-refractivity contribution in [2.75, 3.05) is 12.3 Å². The third-order valence-corrected chi connectivity index (χ3v) is 3.37. The molecule has 1 N–H and O–H groups in total. The third-order valence-electron chi connectivity index (χ3n) is 1.40. The van der Waals surface area contributed by atoms with Crippen molar-refractivity contribution in [3.05, 3.63) is 11.5 Å². The Morgan fingerprint density at radius 2 is 2.29 bits per heavy atom. The predicted molar refractivity (Wildman–Crippen MR) is 57.5 cm³/mol. The molecule has 0 bridgehead atoms. The van der Waals surface area contributed by atoms with Crippen LogP contribution in [0.2, 0.25) is 0 Å². The van der Waals surface area contributed by atoms with Gasteiger partial charge in [0.15, 0.2) is 0 Å². The molecule has 1 saturated heterocycles. The molecule has 0 aromatic heterocycles. The fourth-order valence-electron chi connectivity index (χ4n) is 0.828. The lowest BCUT2D eigenvalue weighted by molar-refractivity contribution is -0.123. The average molecular weight is 253 g/mol. The van der Waals surface area contributed by atoms with Crippen molar-refractivity contribution in [3.8, 4) is 0 Å². The van der Waals surface area contributed by atoms with E-state index in [2.05, 4.69) is 0 Å². The number of thiocarbonyl (C=S) groups is 1. The van der Waals surface area contributed by atoms with Gasteiger partial charge in [-0.3, -0.25) is 14.2 Å². The van der Waals surface area contributed by atoms with E-state index in [0.717, 1.165) is 0 Å². The van der Waals surface area contributed by atoms with E-state index in [9.17, 15) is 13.2 Å². The van der Waals surface area contributed by atoms with Crippen molar-refractivity contribution in [2.45, 2.75) is 0 Å². The SMILES string of the molecule is O=C1CSC(=S)N1CC=CS(=O)(=O)O. The molecule has 0 unspecified atom stereocenters. The molecule has 8 heteroatoms. The fraction of sp³-hybridized carbons (Fsp3) is 0.333. The minimum atomic E-state index is -4.12. The van der Waals surface area contributed by atoms with Crippen molar-refractivity contribution in [1.82, 2.24) is 4.90 Å². The second kappa shape index (κ2) is 4.39. The van der Waals surface area contributed by atoms with Gasteiger partial charge in [0.1, 0.15) is 4.32 Å². The standard InChI is InChI=1S/C6H7NO4S3/c8-5-4-13-6(12)7(5)2-1-3-14(9,10)11/h1,3H,2,4H2,(H,9,10,11). The maximum absolute atomic E-state index is 11.1. The van der Waals surface area contributed by atoms with Crippen LogP contribution in [-0.4, -0.2) is 40.4 Å². The highest BCUT2D eigenvalue weighted by Gasteiger charge is 2.25. The minimum absolute atomic E-state index is 0.0739. The highest BCUT2D eigenvalue weighted by molar-refractivity contribution is 8.23. The van der Waals surface area contributed by atoms with Gasteiger partial charge in [0.05, 0.1) is 11.2 Å². The van der Waals surface area contributed by atoms with Crippen molar-refractivity contribution in [2.24, 2.45) is 0 Å². The van der Waals surface area contributed by atoms with Crippen LogP contribution in [0.4, 0.5) is 0 Å². The maximum atomic E-state index is 11.1. The van der Waals surface area contributed by atoms with Gasteiger partial charge >= 0.3 is 0 Å². The van der Waals surface area contributed by atoms with Gasteiger partial charge in [-0.05, 0) is 0 Å². The van der Waals surface area contributed by atoms with Crippen molar-refractivity contribution in [3.63, 3.8) is 0 Å². The van der Waals surface area contributed by atoms with E-state index in [0.29, 0.717) is 15.5 Å². The number of hydrogen-bond acceptors (Lipinski definition) is 5. The Labute approximate surface area is 90.9 Å². The third kappa shape index (κ3) is 3.37. The molecule has 5 nitrogen and oxygen atoms in total. The van der Waals surface area contributed by atoms with E-state index < -0.39 is 10.1 Å². The Kier molecular flexibility index (Phi) is 3.65. The predicted octanol–water partition coefficient (Wildman–Crippen LogP) is 0.248. The van der Waals surface area contributed by atoms with E-state index in [1.54, 1.807) is 0 Å². The maximum Gasteiger partial charge on any atom is 0.287 e. The Bertz CT molecular complexity index is 370. The van der Waals surface area contributed by atoms with Gasteiger partial charge in [0, 0.05) is 6.54 Å². The van der Waals surface area contributed by atoms with Crippen LogP contribution in [0.3, 0.4) is 0 Å². The summed E-state index contributed by atoms with van der Waals surface area (Å²) in [7, 11) is -4.12. The van der Waals surface area contributed by atoms with Crippen LogP contribution in [0.25, 0.3) is 0 Å². The Balaban J connectivity index is 2.58. The number of carbonyl (C=O) groups is 1. The normalized spacial score (nSPS) is 18.5. The Morgan fingerprint density at radius 3 is 2.71 bits per heavy atom. The summed E-state index contributed by atoms with van der Waals surface area (Å²) in [6, 6.07) is 0. The van der Waals surface area contributed by atoms with Gasteiger partial charge < -0.3 is 0 Å². The number of nitrogens with zero attached hydrogens (tertiary/aromatic N) is 1. The largest absolute Gasteiger partial charge is 0.293 e.